The van der Waals surface area contributed by atoms with Crippen LogP contribution in [0.3, 0.4) is 0 Å². The third-order valence-corrected chi connectivity index (χ3v) is 6.39. The molecule has 1 N–H and O–H groups in total. The molecule has 2 aromatic heterocycles. The number of fused-ring (bicyclic) bond motifs is 1. The quantitative estimate of drug-likeness (QED) is 0.472. The van der Waals surface area contributed by atoms with Gasteiger partial charge in [-0.3, -0.25) is 4.79 Å². The zero-order valence-electron chi connectivity index (χ0n) is 18.1. The van der Waals surface area contributed by atoms with Crippen LogP contribution >= 0.6 is 11.6 Å². The van der Waals surface area contributed by atoms with E-state index in [9.17, 15) is 4.79 Å². The lowest BCUT2D eigenvalue weighted by atomic mass is 9.79. The Balaban J connectivity index is 1.43. The van der Waals surface area contributed by atoms with E-state index < -0.39 is 18.3 Å². The Morgan fingerprint density at radius 2 is 1.66 bits per heavy atom. The molecule has 0 spiro atoms. The lowest BCUT2D eigenvalue weighted by Gasteiger charge is -2.32. The van der Waals surface area contributed by atoms with Crippen molar-refractivity contribution in [3.63, 3.8) is 0 Å². The van der Waals surface area contributed by atoms with Gasteiger partial charge in [0.2, 0.25) is 5.82 Å². The molecule has 0 atom stereocenters. The van der Waals surface area contributed by atoms with Crippen LogP contribution in [0, 0.1) is 0 Å². The van der Waals surface area contributed by atoms with Crippen LogP contribution in [-0.2, 0) is 9.31 Å². The molecule has 1 aliphatic rings. The predicted octanol–water partition coefficient (Wildman–Crippen LogP) is 4.20. The van der Waals surface area contributed by atoms with E-state index in [1.54, 1.807) is 24.3 Å². The van der Waals surface area contributed by atoms with E-state index in [2.05, 4.69) is 15.1 Å². The highest BCUT2D eigenvalue weighted by molar-refractivity contribution is 6.62. The largest absolute Gasteiger partial charge is 0.494 e. The van der Waals surface area contributed by atoms with Crippen LogP contribution in [0.5, 0.6) is 0 Å². The van der Waals surface area contributed by atoms with Crippen LogP contribution in [0.4, 0.5) is 0 Å². The van der Waals surface area contributed by atoms with Gasteiger partial charge >= 0.3 is 7.12 Å². The second-order valence-corrected chi connectivity index (χ2v) is 9.31. The normalized spacial score (nSPS) is 17.2. The molecule has 1 fully saturated rings. The molecule has 162 valence electrons. The van der Waals surface area contributed by atoms with Crippen LogP contribution in [0.2, 0.25) is 5.02 Å². The molecule has 0 aliphatic carbocycles. The zero-order chi connectivity index (χ0) is 22.7. The summed E-state index contributed by atoms with van der Waals surface area (Å²) in [7, 11) is -0.446. The minimum Gasteiger partial charge on any atom is -0.399 e. The Bertz CT molecular complexity index is 1360. The van der Waals surface area contributed by atoms with Gasteiger partial charge in [0.1, 0.15) is 5.56 Å². The first-order valence-electron chi connectivity index (χ1n) is 10.3. The molecule has 3 heterocycles. The maximum atomic E-state index is 12.5. The minimum atomic E-state index is -0.446. The molecule has 0 amide bonds. The number of rotatable bonds is 3. The number of aromatic amines is 1. The summed E-state index contributed by atoms with van der Waals surface area (Å²) in [5.41, 5.74) is 1.49. The molecule has 7 nitrogen and oxygen atoms in total. The van der Waals surface area contributed by atoms with Gasteiger partial charge in [0.15, 0.2) is 0 Å². The maximum absolute atomic E-state index is 12.5. The van der Waals surface area contributed by atoms with Crippen LogP contribution in [0.25, 0.3) is 33.7 Å². The monoisotopic (exact) mass is 449 g/mol. The summed E-state index contributed by atoms with van der Waals surface area (Å²) in [5.74, 6) is 0.518. The van der Waals surface area contributed by atoms with Crippen molar-refractivity contribution in [3.05, 3.63) is 63.9 Å². The van der Waals surface area contributed by atoms with Gasteiger partial charge in [0.05, 0.1) is 11.2 Å². The second kappa shape index (κ2) is 7.30. The Hall–Kier alpha value is -2.94. The maximum Gasteiger partial charge on any atom is 0.494 e. The summed E-state index contributed by atoms with van der Waals surface area (Å²) < 4.78 is 17.6. The average molecular weight is 450 g/mol. The Morgan fingerprint density at radius 3 is 2.34 bits per heavy atom. The third kappa shape index (κ3) is 3.54. The average Bonchev–Trinajstić information content (AvgIpc) is 3.30. The van der Waals surface area contributed by atoms with Crippen molar-refractivity contribution in [3.8, 4) is 22.8 Å². The number of nitrogens with zero attached hydrogens (tertiary/aromatic N) is 2. The van der Waals surface area contributed by atoms with E-state index >= 15 is 0 Å². The summed E-state index contributed by atoms with van der Waals surface area (Å²) in [6, 6.07) is 14.5. The van der Waals surface area contributed by atoms with Crippen molar-refractivity contribution in [2.24, 2.45) is 0 Å². The van der Waals surface area contributed by atoms with Gasteiger partial charge in [-0.25, -0.2) is 0 Å². The van der Waals surface area contributed by atoms with E-state index in [1.807, 2.05) is 52.0 Å². The fourth-order valence-electron chi connectivity index (χ4n) is 3.55. The molecule has 0 unspecified atom stereocenters. The van der Waals surface area contributed by atoms with Crippen molar-refractivity contribution >= 4 is 35.1 Å². The van der Waals surface area contributed by atoms with Crippen LogP contribution < -0.4 is 11.0 Å². The van der Waals surface area contributed by atoms with Gasteiger partial charge in [0.25, 0.3) is 11.4 Å². The first kappa shape index (κ1) is 20.9. The third-order valence-electron chi connectivity index (χ3n) is 6.16. The molecule has 1 aliphatic heterocycles. The fourth-order valence-corrected chi connectivity index (χ4v) is 3.74. The summed E-state index contributed by atoms with van der Waals surface area (Å²) in [6.45, 7) is 8.07. The number of halogens is 1. The number of hydrogen-bond acceptors (Lipinski definition) is 6. The van der Waals surface area contributed by atoms with Crippen LogP contribution in [-0.4, -0.2) is 33.4 Å². The molecule has 2 aromatic carbocycles. The van der Waals surface area contributed by atoms with Gasteiger partial charge in [-0.05, 0) is 57.4 Å². The van der Waals surface area contributed by atoms with E-state index in [1.165, 1.54) is 0 Å². The summed E-state index contributed by atoms with van der Waals surface area (Å²) >= 11 is 6.07. The van der Waals surface area contributed by atoms with Gasteiger partial charge in [-0.2, -0.15) is 4.98 Å². The summed E-state index contributed by atoms with van der Waals surface area (Å²) in [5, 5.41) is 5.40. The number of pyridine rings is 1. The van der Waals surface area contributed by atoms with Gasteiger partial charge < -0.3 is 18.8 Å². The Morgan fingerprint density at radius 1 is 0.969 bits per heavy atom. The molecule has 0 radical (unpaired) electrons. The number of nitrogens with one attached hydrogen (secondary N) is 1. The van der Waals surface area contributed by atoms with Crippen LogP contribution in [0.15, 0.2) is 57.8 Å². The standard InChI is InChI=1S/C23H21BClN3O4/c1-22(2)23(3,4)32-24(31-22)15-7-5-13(6-8-15)19-27-21(30-28-19)17-12-14-11-16(25)9-10-18(14)26-20(17)29/h5-12H,1-4H3,(H,26,29). The lowest BCUT2D eigenvalue weighted by Crippen LogP contribution is -2.41. The zero-order valence-corrected chi connectivity index (χ0v) is 18.9. The smallest absolute Gasteiger partial charge is 0.399 e. The second-order valence-electron chi connectivity index (χ2n) is 8.88. The summed E-state index contributed by atoms with van der Waals surface area (Å²) in [6.07, 6.45) is 0. The molecule has 0 saturated carbocycles. The van der Waals surface area contributed by atoms with Crippen molar-refractivity contribution < 1.29 is 13.8 Å². The van der Waals surface area contributed by atoms with Gasteiger partial charge in [0, 0.05) is 21.5 Å². The summed E-state index contributed by atoms with van der Waals surface area (Å²) in [4.78, 5) is 19.8. The Labute approximate surface area is 189 Å². The van der Waals surface area contributed by atoms with Crippen molar-refractivity contribution in [1.82, 2.24) is 15.1 Å². The molecule has 5 rings (SSSR count). The van der Waals surface area contributed by atoms with Gasteiger partial charge in [-0.15, -0.1) is 0 Å². The van der Waals surface area contributed by atoms with E-state index in [-0.39, 0.29) is 17.0 Å². The van der Waals surface area contributed by atoms with Crippen LogP contribution in [0.1, 0.15) is 27.7 Å². The predicted molar refractivity (Wildman–Crippen MR) is 124 cm³/mol. The highest BCUT2D eigenvalue weighted by Gasteiger charge is 2.51. The minimum absolute atomic E-state index is 0.137. The van der Waals surface area contributed by atoms with E-state index in [0.717, 1.165) is 16.4 Å². The van der Waals surface area contributed by atoms with Gasteiger partial charge in [-0.1, -0.05) is 41.0 Å². The number of H-pyrrole nitrogens is 1. The topological polar surface area (TPSA) is 90.2 Å². The number of benzene rings is 2. The fraction of sp³-hybridized carbons (Fsp3) is 0.261. The SMILES string of the molecule is CC1(C)OB(c2ccc(-c3noc(-c4cc5cc(Cl)ccc5[nH]c4=O)n3)cc2)OC1(C)C. The highest BCUT2D eigenvalue weighted by atomic mass is 35.5. The van der Waals surface area contributed by atoms with Crippen molar-refractivity contribution in [2.75, 3.05) is 0 Å². The molecule has 9 heteroatoms. The van der Waals surface area contributed by atoms with E-state index in [0.29, 0.717) is 16.4 Å². The number of hydrogen-bond donors (Lipinski definition) is 1. The number of aromatic nitrogens is 3. The first-order valence-corrected chi connectivity index (χ1v) is 10.6. The Kier molecular flexibility index (Phi) is 4.78. The first-order chi connectivity index (χ1) is 15.1. The van der Waals surface area contributed by atoms with Crippen molar-refractivity contribution in [1.29, 1.82) is 0 Å². The highest BCUT2D eigenvalue weighted by Crippen LogP contribution is 2.36. The lowest BCUT2D eigenvalue weighted by molar-refractivity contribution is 0.00578. The molecule has 0 bridgehead atoms. The molecular weight excluding hydrogens is 429 g/mol. The molecule has 32 heavy (non-hydrogen) atoms. The molecule has 1 saturated heterocycles. The van der Waals surface area contributed by atoms with Crippen molar-refractivity contribution in [2.45, 2.75) is 38.9 Å². The molecule has 4 aromatic rings. The molecular formula is C23H21BClN3O4. The van der Waals surface area contributed by atoms with E-state index in [4.69, 9.17) is 25.4 Å².